The van der Waals surface area contributed by atoms with E-state index in [9.17, 15) is 0 Å². The third-order valence-electron chi connectivity index (χ3n) is 3.56. The summed E-state index contributed by atoms with van der Waals surface area (Å²) in [6.07, 6.45) is 2.28. The highest BCUT2D eigenvalue weighted by Gasteiger charge is 2.39. The van der Waals surface area contributed by atoms with Crippen LogP contribution in [0, 0.1) is 5.92 Å². The van der Waals surface area contributed by atoms with Crippen LogP contribution in [0.25, 0.3) is 0 Å². The molecule has 2 rings (SSSR count). The monoisotopic (exact) mass is 220 g/mol. The Bertz CT molecular complexity index is 334. The average Bonchev–Trinajstić information content (AvgIpc) is 2.79. The van der Waals surface area contributed by atoms with Crippen LogP contribution in [0.3, 0.4) is 0 Å². The first-order valence-electron chi connectivity index (χ1n) is 5.97. The molecule has 1 atom stereocenters. The molecule has 0 amide bonds. The molecule has 1 aromatic rings. The van der Waals surface area contributed by atoms with Gasteiger partial charge in [-0.05, 0) is 36.5 Å². The third kappa shape index (κ3) is 1.82. The predicted molar refractivity (Wildman–Crippen MR) is 64.7 cm³/mol. The van der Waals surface area contributed by atoms with E-state index >= 15 is 0 Å². The number of hydrogen-bond donors (Lipinski definition) is 0. The normalized spacial score (nSPS) is 25.0. The van der Waals surface area contributed by atoms with Crippen LogP contribution >= 0.6 is 0 Å². The summed E-state index contributed by atoms with van der Waals surface area (Å²) in [4.78, 5) is 0. The Kier molecular flexibility index (Phi) is 3.20. The summed E-state index contributed by atoms with van der Waals surface area (Å²) >= 11 is 0. The van der Waals surface area contributed by atoms with E-state index in [1.165, 1.54) is 5.56 Å². The summed E-state index contributed by atoms with van der Waals surface area (Å²) in [6, 6.07) is 8.29. The van der Waals surface area contributed by atoms with Gasteiger partial charge in [-0.3, -0.25) is 0 Å². The molecule has 1 unspecified atom stereocenters. The lowest BCUT2D eigenvalue weighted by Crippen LogP contribution is -2.31. The summed E-state index contributed by atoms with van der Waals surface area (Å²) in [6.45, 7) is 5.34. The number of methoxy groups -OCH3 is 1. The molecule has 0 N–H and O–H groups in total. The van der Waals surface area contributed by atoms with Crippen molar-refractivity contribution in [3.05, 3.63) is 29.8 Å². The molecule has 1 aliphatic heterocycles. The van der Waals surface area contributed by atoms with Gasteiger partial charge in [0.05, 0.1) is 12.7 Å². The standard InChI is InChI=1S/C14H20O2/c1-11(2)14(9-4-10-16-14)12-5-7-13(15-3)8-6-12/h5-8,11H,4,9-10H2,1-3H3. The molecule has 0 bridgehead atoms. The zero-order chi connectivity index (χ0) is 11.6. The molecule has 88 valence electrons. The number of rotatable bonds is 3. The molecule has 1 heterocycles. The minimum Gasteiger partial charge on any atom is -0.497 e. The van der Waals surface area contributed by atoms with E-state index in [0.717, 1.165) is 25.2 Å². The second-order valence-corrected chi connectivity index (χ2v) is 4.72. The fourth-order valence-electron chi connectivity index (χ4n) is 2.55. The van der Waals surface area contributed by atoms with E-state index in [1.54, 1.807) is 7.11 Å². The summed E-state index contributed by atoms with van der Waals surface area (Å²) in [5.41, 5.74) is 1.20. The molecular formula is C14H20O2. The number of benzene rings is 1. The summed E-state index contributed by atoms with van der Waals surface area (Å²) in [5.74, 6) is 1.41. The van der Waals surface area contributed by atoms with Crippen molar-refractivity contribution >= 4 is 0 Å². The lowest BCUT2D eigenvalue weighted by atomic mass is 9.81. The topological polar surface area (TPSA) is 18.5 Å². The first kappa shape index (κ1) is 11.5. The third-order valence-corrected chi connectivity index (χ3v) is 3.56. The van der Waals surface area contributed by atoms with E-state index in [-0.39, 0.29) is 5.60 Å². The van der Waals surface area contributed by atoms with E-state index in [1.807, 2.05) is 12.1 Å². The first-order chi connectivity index (χ1) is 7.69. The van der Waals surface area contributed by atoms with Crippen molar-refractivity contribution in [3.8, 4) is 5.75 Å². The fraction of sp³-hybridized carbons (Fsp3) is 0.571. The lowest BCUT2D eigenvalue weighted by Gasteiger charge is -2.33. The van der Waals surface area contributed by atoms with Gasteiger partial charge in [0, 0.05) is 6.61 Å². The van der Waals surface area contributed by atoms with Crippen LogP contribution in [0.1, 0.15) is 32.3 Å². The van der Waals surface area contributed by atoms with Crippen LogP contribution in [0.4, 0.5) is 0 Å². The molecule has 1 aliphatic rings. The van der Waals surface area contributed by atoms with Crippen LogP contribution in [0.2, 0.25) is 0 Å². The maximum Gasteiger partial charge on any atom is 0.118 e. The predicted octanol–water partition coefficient (Wildman–Crippen LogP) is 3.36. The molecule has 16 heavy (non-hydrogen) atoms. The Morgan fingerprint density at radius 3 is 2.38 bits per heavy atom. The molecule has 1 fully saturated rings. The zero-order valence-corrected chi connectivity index (χ0v) is 10.3. The van der Waals surface area contributed by atoms with Gasteiger partial charge in [0.2, 0.25) is 0 Å². The summed E-state index contributed by atoms with van der Waals surface area (Å²) in [7, 11) is 1.69. The lowest BCUT2D eigenvalue weighted by molar-refractivity contribution is -0.0382. The molecule has 2 nitrogen and oxygen atoms in total. The van der Waals surface area contributed by atoms with Crippen LogP contribution in [0.5, 0.6) is 5.75 Å². The van der Waals surface area contributed by atoms with Crippen molar-refractivity contribution in [2.75, 3.05) is 13.7 Å². The molecule has 1 aromatic carbocycles. The van der Waals surface area contributed by atoms with Gasteiger partial charge >= 0.3 is 0 Å². The van der Waals surface area contributed by atoms with Gasteiger partial charge in [0.25, 0.3) is 0 Å². The van der Waals surface area contributed by atoms with Crippen molar-refractivity contribution in [2.24, 2.45) is 5.92 Å². The smallest absolute Gasteiger partial charge is 0.118 e. The van der Waals surface area contributed by atoms with Crippen LogP contribution in [-0.4, -0.2) is 13.7 Å². The summed E-state index contributed by atoms with van der Waals surface area (Å²) in [5, 5.41) is 0. The van der Waals surface area contributed by atoms with E-state index in [4.69, 9.17) is 9.47 Å². The SMILES string of the molecule is COc1ccc(C2(C(C)C)CCCO2)cc1. The second-order valence-electron chi connectivity index (χ2n) is 4.72. The van der Waals surface area contributed by atoms with Gasteiger partial charge in [-0.2, -0.15) is 0 Å². The maximum atomic E-state index is 6.02. The van der Waals surface area contributed by atoms with Crippen molar-refractivity contribution in [1.29, 1.82) is 0 Å². The average molecular weight is 220 g/mol. The highest BCUT2D eigenvalue weighted by molar-refractivity contribution is 5.31. The molecule has 0 aliphatic carbocycles. The first-order valence-corrected chi connectivity index (χ1v) is 5.97. The van der Waals surface area contributed by atoms with E-state index < -0.39 is 0 Å². The largest absolute Gasteiger partial charge is 0.497 e. The Morgan fingerprint density at radius 2 is 1.94 bits per heavy atom. The number of hydrogen-bond acceptors (Lipinski definition) is 2. The van der Waals surface area contributed by atoms with Crippen LogP contribution < -0.4 is 4.74 Å². The molecule has 0 saturated carbocycles. The summed E-state index contributed by atoms with van der Waals surface area (Å²) < 4.78 is 11.2. The number of ether oxygens (including phenoxy) is 2. The van der Waals surface area contributed by atoms with Crippen molar-refractivity contribution in [2.45, 2.75) is 32.3 Å². The molecule has 2 heteroatoms. The minimum atomic E-state index is -0.0771. The Morgan fingerprint density at radius 1 is 1.25 bits per heavy atom. The minimum absolute atomic E-state index is 0.0771. The second kappa shape index (κ2) is 4.46. The highest BCUT2D eigenvalue weighted by Crippen LogP contribution is 2.42. The molecular weight excluding hydrogens is 200 g/mol. The zero-order valence-electron chi connectivity index (χ0n) is 10.3. The van der Waals surface area contributed by atoms with Gasteiger partial charge in [-0.15, -0.1) is 0 Å². The van der Waals surface area contributed by atoms with Gasteiger partial charge in [0.1, 0.15) is 5.75 Å². The van der Waals surface area contributed by atoms with Gasteiger partial charge in [0.15, 0.2) is 0 Å². The molecule has 0 aromatic heterocycles. The van der Waals surface area contributed by atoms with Gasteiger partial charge < -0.3 is 9.47 Å². The van der Waals surface area contributed by atoms with E-state index in [2.05, 4.69) is 26.0 Å². The van der Waals surface area contributed by atoms with Crippen molar-refractivity contribution in [1.82, 2.24) is 0 Å². The van der Waals surface area contributed by atoms with Crippen molar-refractivity contribution < 1.29 is 9.47 Å². The van der Waals surface area contributed by atoms with Gasteiger partial charge in [-0.25, -0.2) is 0 Å². The molecule has 0 spiro atoms. The quantitative estimate of drug-likeness (QED) is 0.777. The van der Waals surface area contributed by atoms with E-state index in [0.29, 0.717) is 5.92 Å². The van der Waals surface area contributed by atoms with Crippen LogP contribution in [-0.2, 0) is 10.3 Å². The molecule has 0 radical (unpaired) electrons. The highest BCUT2D eigenvalue weighted by atomic mass is 16.5. The Balaban J connectivity index is 2.32. The maximum absolute atomic E-state index is 6.02. The van der Waals surface area contributed by atoms with Crippen molar-refractivity contribution in [3.63, 3.8) is 0 Å². The fourth-order valence-corrected chi connectivity index (χ4v) is 2.55. The Labute approximate surface area is 97.6 Å². The van der Waals surface area contributed by atoms with Gasteiger partial charge in [-0.1, -0.05) is 26.0 Å². The van der Waals surface area contributed by atoms with Crippen LogP contribution in [0.15, 0.2) is 24.3 Å². The molecule has 1 saturated heterocycles. The Hall–Kier alpha value is -1.02.